The third-order valence-electron chi connectivity index (χ3n) is 4.43. The van der Waals surface area contributed by atoms with E-state index in [9.17, 15) is 10.1 Å². The van der Waals surface area contributed by atoms with Gasteiger partial charge in [0, 0.05) is 36.4 Å². The van der Waals surface area contributed by atoms with Crippen LogP contribution in [0.5, 0.6) is 0 Å². The first kappa shape index (κ1) is 13.3. The number of hydrogen-bond donors (Lipinski definition) is 2. The molecule has 1 aromatic carbocycles. The van der Waals surface area contributed by atoms with E-state index in [1.807, 2.05) is 6.92 Å². The number of rotatable bonds is 3. The van der Waals surface area contributed by atoms with E-state index in [2.05, 4.69) is 5.32 Å². The lowest BCUT2D eigenvalue weighted by Crippen LogP contribution is -2.69. The zero-order valence-corrected chi connectivity index (χ0v) is 11.4. The van der Waals surface area contributed by atoms with Crippen molar-refractivity contribution in [1.82, 2.24) is 0 Å². The number of nitrogens with two attached hydrogens (primary N) is 1. The molecule has 2 fully saturated rings. The van der Waals surface area contributed by atoms with E-state index in [4.69, 9.17) is 10.5 Å². The highest BCUT2D eigenvalue weighted by atomic mass is 16.6. The first-order valence-corrected chi connectivity index (χ1v) is 6.96. The van der Waals surface area contributed by atoms with Gasteiger partial charge in [-0.1, -0.05) is 6.07 Å². The molecule has 1 saturated carbocycles. The molecule has 0 bridgehead atoms. The molecule has 1 aliphatic carbocycles. The zero-order valence-electron chi connectivity index (χ0n) is 11.4. The molecule has 1 heterocycles. The molecule has 0 aromatic heterocycles. The Labute approximate surface area is 117 Å². The molecule has 6 nitrogen and oxygen atoms in total. The molecule has 3 N–H and O–H groups in total. The molecule has 1 saturated heterocycles. The third kappa shape index (κ3) is 2.14. The standard InChI is InChI=1S/C14H19N3O3/c1-8-4-5-9(17(18)19)7-11(8)16-13-12(15)10-3-2-6-20-14(10)13/h4-5,7,10,12-14,16H,2-3,6,15H2,1H3. The van der Waals surface area contributed by atoms with Crippen LogP contribution in [0.4, 0.5) is 11.4 Å². The number of nitro benzene ring substituents is 1. The predicted molar refractivity (Wildman–Crippen MR) is 75.7 cm³/mol. The molecule has 4 atom stereocenters. The van der Waals surface area contributed by atoms with Gasteiger partial charge in [0.05, 0.1) is 17.1 Å². The Morgan fingerprint density at radius 3 is 3.05 bits per heavy atom. The van der Waals surface area contributed by atoms with Crippen molar-refractivity contribution in [2.45, 2.75) is 38.0 Å². The number of anilines is 1. The van der Waals surface area contributed by atoms with Crippen molar-refractivity contribution >= 4 is 11.4 Å². The number of hydrogen-bond acceptors (Lipinski definition) is 5. The van der Waals surface area contributed by atoms with Crippen molar-refractivity contribution in [3.63, 3.8) is 0 Å². The topological polar surface area (TPSA) is 90.4 Å². The van der Waals surface area contributed by atoms with Crippen LogP contribution in [0, 0.1) is 23.0 Å². The Morgan fingerprint density at radius 1 is 1.50 bits per heavy atom. The number of non-ortho nitro benzene ring substituents is 1. The van der Waals surface area contributed by atoms with Crippen molar-refractivity contribution in [3.8, 4) is 0 Å². The number of fused-ring (bicyclic) bond motifs is 1. The second kappa shape index (κ2) is 5.03. The molecule has 0 radical (unpaired) electrons. The second-order valence-electron chi connectivity index (χ2n) is 5.65. The Bertz CT molecular complexity index is 534. The Morgan fingerprint density at radius 2 is 2.30 bits per heavy atom. The van der Waals surface area contributed by atoms with E-state index in [0.717, 1.165) is 30.7 Å². The Hall–Kier alpha value is -1.66. The van der Waals surface area contributed by atoms with Crippen molar-refractivity contribution in [3.05, 3.63) is 33.9 Å². The first-order valence-electron chi connectivity index (χ1n) is 6.96. The summed E-state index contributed by atoms with van der Waals surface area (Å²) in [4.78, 5) is 10.5. The van der Waals surface area contributed by atoms with Crippen molar-refractivity contribution < 1.29 is 9.66 Å². The molecule has 20 heavy (non-hydrogen) atoms. The number of nitro groups is 1. The highest BCUT2D eigenvalue weighted by Gasteiger charge is 2.50. The van der Waals surface area contributed by atoms with Crippen LogP contribution in [0.3, 0.4) is 0 Å². The van der Waals surface area contributed by atoms with E-state index < -0.39 is 0 Å². The lowest BCUT2D eigenvalue weighted by Gasteiger charge is -2.52. The smallest absolute Gasteiger partial charge is 0.271 e. The number of nitrogens with one attached hydrogen (secondary N) is 1. The SMILES string of the molecule is Cc1ccc([N+](=O)[O-])cc1NC1C(N)C2CCCOC21. The summed E-state index contributed by atoms with van der Waals surface area (Å²) >= 11 is 0. The summed E-state index contributed by atoms with van der Waals surface area (Å²) in [5, 5.41) is 14.2. The molecule has 0 amide bonds. The van der Waals surface area contributed by atoms with Gasteiger partial charge in [0.1, 0.15) is 0 Å². The number of benzene rings is 1. The van der Waals surface area contributed by atoms with E-state index in [0.29, 0.717) is 5.92 Å². The summed E-state index contributed by atoms with van der Waals surface area (Å²) in [6.45, 7) is 2.70. The Kier molecular flexibility index (Phi) is 3.35. The van der Waals surface area contributed by atoms with Gasteiger partial charge in [-0.05, 0) is 25.3 Å². The Balaban J connectivity index is 1.77. The van der Waals surface area contributed by atoms with Crippen molar-refractivity contribution in [1.29, 1.82) is 0 Å². The second-order valence-corrected chi connectivity index (χ2v) is 5.65. The van der Waals surface area contributed by atoms with Gasteiger partial charge in [-0.2, -0.15) is 0 Å². The number of nitrogens with zero attached hydrogens (tertiary/aromatic N) is 1. The normalized spacial score (nSPS) is 32.1. The summed E-state index contributed by atoms with van der Waals surface area (Å²) in [5.74, 6) is 0.417. The predicted octanol–water partition coefficient (Wildman–Crippen LogP) is 1.82. The molecule has 1 aromatic rings. The maximum Gasteiger partial charge on any atom is 0.271 e. The summed E-state index contributed by atoms with van der Waals surface area (Å²) in [5.41, 5.74) is 8.03. The molecule has 1 aliphatic heterocycles. The fourth-order valence-corrected chi connectivity index (χ4v) is 3.18. The van der Waals surface area contributed by atoms with Crippen LogP contribution in [0.25, 0.3) is 0 Å². The summed E-state index contributed by atoms with van der Waals surface area (Å²) in [6.07, 6.45) is 2.31. The summed E-state index contributed by atoms with van der Waals surface area (Å²) in [7, 11) is 0. The maximum absolute atomic E-state index is 10.9. The average Bonchev–Trinajstić information content (AvgIpc) is 2.45. The van der Waals surface area contributed by atoms with Gasteiger partial charge < -0.3 is 15.8 Å². The molecule has 2 aliphatic rings. The minimum atomic E-state index is -0.384. The van der Waals surface area contributed by atoms with Gasteiger partial charge >= 0.3 is 0 Å². The minimum absolute atomic E-state index is 0.0426. The van der Waals surface area contributed by atoms with Crippen molar-refractivity contribution in [2.75, 3.05) is 11.9 Å². The maximum atomic E-state index is 10.9. The van der Waals surface area contributed by atoms with E-state index in [1.165, 1.54) is 6.07 Å². The van der Waals surface area contributed by atoms with Gasteiger partial charge in [0.15, 0.2) is 0 Å². The molecule has 3 rings (SSSR count). The van der Waals surface area contributed by atoms with Crippen LogP contribution in [0.1, 0.15) is 18.4 Å². The lowest BCUT2D eigenvalue weighted by atomic mass is 9.68. The first-order chi connectivity index (χ1) is 9.58. The van der Waals surface area contributed by atoms with Crippen LogP contribution in [0.2, 0.25) is 0 Å². The highest BCUT2D eigenvalue weighted by molar-refractivity contribution is 5.58. The number of aryl methyl sites for hydroxylation is 1. The van der Waals surface area contributed by atoms with Gasteiger partial charge in [-0.3, -0.25) is 10.1 Å². The summed E-state index contributed by atoms with van der Waals surface area (Å²) in [6, 6.07) is 4.93. The zero-order chi connectivity index (χ0) is 14.3. The lowest BCUT2D eigenvalue weighted by molar-refractivity contribution is -0.384. The minimum Gasteiger partial charge on any atom is -0.378 e. The van der Waals surface area contributed by atoms with Gasteiger partial charge in [0.25, 0.3) is 5.69 Å². The van der Waals surface area contributed by atoms with E-state index >= 15 is 0 Å². The fourth-order valence-electron chi connectivity index (χ4n) is 3.18. The highest BCUT2D eigenvalue weighted by Crippen LogP contribution is 2.39. The van der Waals surface area contributed by atoms with Crippen LogP contribution in [0.15, 0.2) is 18.2 Å². The van der Waals surface area contributed by atoms with E-state index in [1.54, 1.807) is 12.1 Å². The largest absolute Gasteiger partial charge is 0.378 e. The van der Waals surface area contributed by atoms with Gasteiger partial charge in [0.2, 0.25) is 0 Å². The monoisotopic (exact) mass is 277 g/mol. The summed E-state index contributed by atoms with van der Waals surface area (Å²) < 4.78 is 5.77. The molecule has 6 heteroatoms. The number of ether oxygens (including phenoxy) is 1. The van der Waals surface area contributed by atoms with Crippen LogP contribution >= 0.6 is 0 Å². The van der Waals surface area contributed by atoms with Gasteiger partial charge in [-0.15, -0.1) is 0 Å². The van der Waals surface area contributed by atoms with Crippen LogP contribution in [-0.2, 0) is 4.74 Å². The fraction of sp³-hybridized carbons (Fsp3) is 0.571. The molecular formula is C14H19N3O3. The van der Waals surface area contributed by atoms with Crippen LogP contribution in [-0.4, -0.2) is 29.7 Å². The van der Waals surface area contributed by atoms with E-state index in [-0.39, 0.29) is 28.8 Å². The molecule has 108 valence electrons. The molecule has 4 unspecified atom stereocenters. The van der Waals surface area contributed by atoms with Crippen molar-refractivity contribution in [2.24, 2.45) is 11.7 Å². The molecular weight excluding hydrogens is 258 g/mol. The van der Waals surface area contributed by atoms with Crippen LogP contribution < -0.4 is 11.1 Å². The average molecular weight is 277 g/mol. The third-order valence-corrected chi connectivity index (χ3v) is 4.43. The quantitative estimate of drug-likeness (QED) is 0.649. The van der Waals surface area contributed by atoms with Gasteiger partial charge in [-0.25, -0.2) is 0 Å². The molecule has 0 spiro atoms.